The van der Waals surface area contributed by atoms with E-state index in [0.29, 0.717) is 23.9 Å². The maximum absolute atomic E-state index is 12.4. The van der Waals surface area contributed by atoms with Gasteiger partial charge in [0.15, 0.2) is 11.5 Å². The minimum absolute atomic E-state index is 0.187. The minimum Gasteiger partial charge on any atom is -0.497 e. The molecule has 0 saturated carbocycles. The summed E-state index contributed by atoms with van der Waals surface area (Å²) in [7, 11) is 1.62. The van der Waals surface area contributed by atoms with E-state index in [2.05, 4.69) is 0 Å². The Hall–Kier alpha value is -2.89. The van der Waals surface area contributed by atoms with Gasteiger partial charge >= 0.3 is 5.97 Å². The second-order valence-electron chi connectivity index (χ2n) is 5.78. The van der Waals surface area contributed by atoms with Gasteiger partial charge in [-0.15, -0.1) is 0 Å². The van der Waals surface area contributed by atoms with Crippen LogP contribution in [0.25, 0.3) is 0 Å². The Kier molecular flexibility index (Phi) is 3.87. The lowest BCUT2D eigenvalue weighted by Crippen LogP contribution is -2.31. The summed E-state index contributed by atoms with van der Waals surface area (Å²) in [6, 6.07) is 11.2. The molecule has 0 N–H and O–H groups in total. The molecule has 2 atom stereocenters. The fourth-order valence-electron chi connectivity index (χ4n) is 3.23. The van der Waals surface area contributed by atoms with Gasteiger partial charge in [0.1, 0.15) is 11.5 Å². The van der Waals surface area contributed by atoms with E-state index in [9.17, 15) is 4.79 Å². The van der Waals surface area contributed by atoms with Crippen LogP contribution in [0.2, 0.25) is 0 Å². The van der Waals surface area contributed by atoms with Crippen LogP contribution < -0.4 is 18.9 Å². The van der Waals surface area contributed by atoms with Crippen molar-refractivity contribution >= 4 is 5.97 Å². The topological polar surface area (TPSA) is 63.2 Å². The first-order valence-corrected chi connectivity index (χ1v) is 8.12. The van der Waals surface area contributed by atoms with Crippen molar-refractivity contribution in [3.05, 3.63) is 47.5 Å². The smallest absolute Gasteiger partial charge is 0.348 e. The number of ether oxygens (including phenoxy) is 5. The Balaban J connectivity index is 1.77. The molecule has 6 heteroatoms. The van der Waals surface area contributed by atoms with Crippen molar-refractivity contribution in [2.24, 2.45) is 0 Å². The van der Waals surface area contributed by atoms with Crippen molar-refractivity contribution < 1.29 is 28.5 Å². The molecule has 0 unspecified atom stereocenters. The molecule has 0 aliphatic carbocycles. The quantitative estimate of drug-likeness (QED) is 0.796. The molecule has 130 valence electrons. The molecule has 2 aliphatic rings. The Morgan fingerprint density at radius 1 is 1.12 bits per heavy atom. The molecule has 0 radical (unpaired) electrons. The first-order valence-electron chi connectivity index (χ1n) is 8.12. The Labute approximate surface area is 145 Å². The van der Waals surface area contributed by atoms with Gasteiger partial charge in [-0.25, -0.2) is 4.79 Å². The fourth-order valence-corrected chi connectivity index (χ4v) is 3.23. The number of hydrogen-bond acceptors (Lipinski definition) is 6. The van der Waals surface area contributed by atoms with Crippen molar-refractivity contribution in [1.29, 1.82) is 0 Å². The van der Waals surface area contributed by atoms with E-state index in [0.717, 1.165) is 16.9 Å². The zero-order valence-electron chi connectivity index (χ0n) is 14.0. The number of fused-ring (bicyclic) bond motifs is 2. The van der Waals surface area contributed by atoms with E-state index >= 15 is 0 Å². The highest BCUT2D eigenvalue weighted by atomic mass is 16.7. The van der Waals surface area contributed by atoms with Crippen LogP contribution in [0.1, 0.15) is 24.0 Å². The SMILES string of the molecule is CCOC(=O)[C@@H]1Oc2cc3c(cc2[C@H]1c1ccc(OC)cc1)OCO3. The molecule has 0 fully saturated rings. The van der Waals surface area contributed by atoms with Gasteiger partial charge in [0, 0.05) is 11.6 Å². The lowest BCUT2D eigenvalue weighted by Gasteiger charge is -2.18. The molecule has 25 heavy (non-hydrogen) atoms. The van der Waals surface area contributed by atoms with Gasteiger partial charge in [-0.2, -0.15) is 0 Å². The summed E-state index contributed by atoms with van der Waals surface area (Å²) in [5.74, 6) is 1.97. The molecule has 4 rings (SSSR count). The zero-order valence-corrected chi connectivity index (χ0v) is 14.0. The summed E-state index contributed by atoms with van der Waals surface area (Å²) in [5.41, 5.74) is 1.82. The van der Waals surface area contributed by atoms with Crippen molar-refractivity contribution in [3.8, 4) is 23.0 Å². The summed E-state index contributed by atoms with van der Waals surface area (Å²) in [6.45, 7) is 2.26. The third-order valence-corrected chi connectivity index (χ3v) is 4.39. The number of rotatable bonds is 4. The van der Waals surface area contributed by atoms with Gasteiger partial charge < -0.3 is 23.7 Å². The van der Waals surface area contributed by atoms with Crippen LogP contribution in [0.5, 0.6) is 23.0 Å². The second kappa shape index (κ2) is 6.20. The van der Waals surface area contributed by atoms with Crippen LogP contribution in [0.3, 0.4) is 0 Å². The van der Waals surface area contributed by atoms with E-state index in [-0.39, 0.29) is 18.7 Å². The second-order valence-corrected chi connectivity index (χ2v) is 5.78. The average molecular weight is 342 g/mol. The molecule has 0 aromatic heterocycles. The van der Waals surface area contributed by atoms with E-state index in [4.69, 9.17) is 23.7 Å². The van der Waals surface area contributed by atoms with Crippen molar-refractivity contribution in [1.82, 2.24) is 0 Å². The van der Waals surface area contributed by atoms with E-state index < -0.39 is 6.10 Å². The van der Waals surface area contributed by atoms with Crippen molar-refractivity contribution in [3.63, 3.8) is 0 Å². The average Bonchev–Trinajstić information content (AvgIpc) is 3.23. The van der Waals surface area contributed by atoms with Gasteiger partial charge in [0.05, 0.1) is 19.6 Å². The van der Waals surface area contributed by atoms with Crippen LogP contribution in [0.4, 0.5) is 0 Å². The van der Waals surface area contributed by atoms with E-state index in [1.807, 2.05) is 30.3 Å². The predicted molar refractivity (Wildman–Crippen MR) is 88.5 cm³/mol. The maximum atomic E-state index is 12.4. The standard InChI is InChI=1S/C19H18O6/c1-3-22-19(20)18-17(11-4-6-12(21-2)7-5-11)13-8-15-16(24-10-23-15)9-14(13)25-18/h4-9,17-18H,3,10H2,1-2H3/t17-,18-/m1/s1. The summed E-state index contributed by atoms with van der Waals surface area (Å²) >= 11 is 0. The van der Waals surface area contributed by atoms with Gasteiger partial charge in [-0.1, -0.05) is 12.1 Å². The highest BCUT2D eigenvalue weighted by Gasteiger charge is 2.42. The first-order chi connectivity index (χ1) is 12.2. The summed E-state index contributed by atoms with van der Waals surface area (Å²) in [4.78, 5) is 12.4. The summed E-state index contributed by atoms with van der Waals surface area (Å²) in [5, 5.41) is 0. The van der Waals surface area contributed by atoms with Crippen LogP contribution in [-0.2, 0) is 9.53 Å². The molecule has 0 bridgehead atoms. The fraction of sp³-hybridized carbons (Fsp3) is 0.316. The van der Waals surface area contributed by atoms with Crippen molar-refractivity contribution in [2.75, 3.05) is 20.5 Å². The minimum atomic E-state index is -0.745. The Morgan fingerprint density at radius 3 is 2.52 bits per heavy atom. The molecule has 2 aliphatic heterocycles. The van der Waals surface area contributed by atoms with Crippen LogP contribution in [-0.4, -0.2) is 32.6 Å². The molecular weight excluding hydrogens is 324 g/mol. The number of benzene rings is 2. The number of carbonyl (C=O) groups is 1. The number of carbonyl (C=O) groups excluding carboxylic acids is 1. The normalized spacial score (nSPS) is 19.9. The molecule has 0 amide bonds. The summed E-state index contributed by atoms with van der Waals surface area (Å²) in [6.07, 6.45) is -0.745. The third kappa shape index (κ3) is 2.63. The van der Waals surface area contributed by atoms with E-state index in [1.165, 1.54) is 0 Å². The lowest BCUT2D eigenvalue weighted by molar-refractivity contribution is -0.151. The van der Waals surface area contributed by atoms with Gasteiger partial charge in [-0.3, -0.25) is 0 Å². The molecule has 2 heterocycles. The molecule has 0 spiro atoms. The largest absolute Gasteiger partial charge is 0.497 e. The Morgan fingerprint density at radius 2 is 1.84 bits per heavy atom. The highest BCUT2D eigenvalue weighted by Crippen LogP contribution is 2.48. The highest BCUT2D eigenvalue weighted by molar-refractivity contribution is 5.80. The number of esters is 1. The number of methoxy groups -OCH3 is 1. The third-order valence-electron chi connectivity index (χ3n) is 4.39. The molecular formula is C19H18O6. The molecule has 2 aromatic rings. The van der Waals surface area contributed by atoms with Crippen LogP contribution >= 0.6 is 0 Å². The number of hydrogen-bond donors (Lipinski definition) is 0. The van der Waals surface area contributed by atoms with Crippen LogP contribution in [0.15, 0.2) is 36.4 Å². The summed E-state index contributed by atoms with van der Waals surface area (Å²) < 4.78 is 27.2. The maximum Gasteiger partial charge on any atom is 0.348 e. The molecule has 6 nitrogen and oxygen atoms in total. The lowest BCUT2D eigenvalue weighted by atomic mass is 9.88. The van der Waals surface area contributed by atoms with Crippen LogP contribution in [0, 0.1) is 0 Å². The van der Waals surface area contributed by atoms with Gasteiger partial charge in [0.25, 0.3) is 0 Å². The molecule has 0 saturated heterocycles. The first kappa shape index (κ1) is 15.6. The monoisotopic (exact) mass is 342 g/mol. The Bertz CT molecular complexity index is 798. The van der Waals surface area contributed by atoms with Crippen molar-refractivity contribution in [2.45, 2.75) is 18.9 Å². The van der Waals surface area contributed by atoms with E-state index in [1.54, 1.807) is 20.1 Å². The zero-order chi connectivity index (χ0) is 17.4. The predicted octanol–water partition coefficient (Wildman–Crippen LogP) is 2.88. The van der Waals surface area contributed by atoms with Gasteiger partial charge in [0.2, 0.25) is 12.9 Å². The molecule has 2 aromatic carbocycles. The van der Waals surface area contributed by atoms with Gasteiger partial charge in [-0.05, 0) is 30.7 Å².